The Labute approximate surface area is 155 Å². The van der Waals surface area contributed by atoms with Crippen LogP contribution in [0.2, 0.25) is 0 Å². The molecule has 1 saturated heterocycles. The average molecular weight is 365 g/mol. The number of hydrogen-bond acceptors (Lipinski definition) is 7. The molecule has 0 unspecified atom stereocenters. The fourth-order valence-electron chi connectivity index (χ4n) is 3.69. The second-order valence-corrected chi connectivity index (χ2v) is 6.77. The summed E-state index contributed by atoms with van der Waals surface area (Å²) in [6.45, 7) is 3.07. The zero-order chi connectivity index (χ0) is 18.2. The second-order valence-electron chi connectivity index (χ2n) is 6.77. The highest BCUT2D eigenvalue weighted by atomic mass is 16.5. The van der Waals surface area contributed by atoms with Gasteiger partial charge in [0.25, 0.3) is 5.91 Å². The minimum atomic E-state index is -0.215. The van der Waals surface area contributed by atoms with E-state index in [2.05, 4.69) is 25.4 Å². The van der Waals surface area contributed by atoms with Gasteiger partial charge in [-0.15, -0.1) is 0 Å². The lowest BCUT2D eigenvalue weighted by molar-refractivity contribution is 0.0704. The van der Waals surface area contributed by atoms with Crippen LogP contribution in [0.4, 0.5) is 0 Å². The molecule has 1 N–H and O–H groups in total. The van der Waals surface area contributed by atoms with Gasteiger partial charge < -0.3 is 19.3 Å². The van der Waals surface area contributed by atoms with Gasteiger partial charge in [0.1, 0.15) is 17.6 Å². The molecular formula is C18H19N7O2. The molecule has 0 bridgehead atoms. The van der Waals surface area contributed by atoms with Crippen LogP contribution in [-0.4, -0.2) is 48.6 Å². The van der Waals surface area contributed by atoms with Crippen LogP contribution < -0.4 is 5.32 Å². The molecule has 27 heavy (non-hydrogen) atoms. The van der Waals surface area contributed by atoms with Gasteiger partial charge in [0.05, 0.1) is 6.54 Å². The molecule has 5 heterocycles. The van der Waals surface area contributed by atoms with Crippen LogP contribution in [0.5, 0.6) is 0 Å². The normalized spacial score (nSPS) is 19.3. The molecule has 3 aromatic rings. The van der Waals surface area contributed by atoms with Crippen molar-refractivity contribution >= 4 is 5.91 Å². The van der Waals surface area contributed by atoms with Crippen LogP contribution in [0.1, 0.15) is 41.1 Å². The summed E-state index contributed by atoms with van der Waals surface area (Å²) < 4.78 is 7.53. The summed E-state index contributed by atoms with van der Waals surface area (Å²) in [4.78, 5) is 27.9. The second kappa shape index (κ2) is 6.58. The largest absolute Gasteiger partial charge is 0.337 e. The van der Waals surface area contributed by atoms with Gasteiger partial charge in [-0.05, 0) is 25.0 Å². The molecule has 3 aromatic heterocycles. The number of pyridine rings is 1. The van der Waals surface area contributed by atoms with E-state index < -0.39 is 0 Å². The molecule has 2 aliphatic heterocycles. The van der Waals surface area contributed by atoms with Crippen molar-refractivity contribution in [3.63, 3.8) is 0 Å². The molecule has 5 rings (SSSR count). The third kappa shape index (κ3) is 2.89. The molecule has 0 aromatic carbocycles. The maximum Gasteiger partial charge on any atom is 0.274 e. The summed E-state index contributed by atoms with van der Waals surface area (Å²) in [6, 6.07) is 3.49. The number of imidazole rings is 1. The Bertz CT molecular complexity index is 942. The molecular weight excluding hydrogens is 346 g/mol. The summed E-state index contributed by atoms with van der Waals surface area (Å²) in [5.74, 6) is 1.77. The third-order valence-electron chi connectivity index (χ3n) is 5.05. The highest BCUT2D eigenvalue weighted by molar-refractivity contribution is 5.92. The lowest BCUT2D eigenvalue weighted by Crippen LogP contribution is -2.31. The van der Waals surface area contributed by atoms with E-state index in [9.17, 15) is 4.79 Å². The van der Waals surface area contributed by atoms with Crippen LogP contribution in [-0.2, 0) is 13.1 Å². The Morgan fingerprint density at radius 1 is 1.30 bits per heavy atom. The van der Waals surface area contributed by atoms with E-state index in [1.807, 2.05) is 22.9 Å². The number of carbonyl (C=O) groups is 1. The van der Waals surface area contributed by atoms with Crippen molar-refractivity contribution in [1.82, 2.24) is 34.9 Å². The summed E-state index contributed by atoms with van der Waals surface area (Å²) in [5.41, 5.74) is 1.27. The van der Waals surface area contributed by atoms with Gasteiger partial charge in [0.15, 0.2) is 0 Å². The van der Waals surface area contributed by atoms with E-state index >= 15 is 0 Å². The van der Waals surface area contributed by atoms with Gasteiger partial charge in [0.2, 0.25) is 11.7 Å². The monoisotopic (exact) mass is 365 g/mol. The van der Waals surface area contributed by atoms with Crippen molar-refractivity contribution in [2.45, 2.75) is 32.0 Å². The van der Waals surface area contributed by atoms with Gasteiger partial charge in [-0.25, -0.2) is 4.98 Å². The minimum absolute atomic E-state index is 0.0828. The number of fused-ring (bicyclic) bond motifs is 1. The summed E-state index contributed by atoms with van der Waals surface area (Å²) >= 11 is 0. The van der Waals surface area contributed by atoms with E-state index in [1.165, 1.54) is 0 Å². The van der Waals surface area contributed by atoms with Gasteiger partial charge in [-0.2, -0.15) is 4.98 Å². The van der Waals surface area contributed by atoms with Crippen molar-refractivity contribution in [3.8, 4) is 11.4 Å². The highest BCUT2D eigenvalue weighted by Crippen LogP contribution is 2.33. The minimum Gasteiger partial charge on any atom is -0.337 e. The molecule has 2 aliphatic rings. The van der Waals surface area contributed by atoms with E-state index in [-0.39, 0.29) is 11.9 Å². The maximum atomic E-state index is 13.1. The summed E-state index contributed by atoms with van der Waals surface area (Å²) in [5, 5.41) is 7.33. The first-order valence-electron chi connectivity index (χ1n) is 9.11. The fourth-order valence-corrected chi connectivity index (χ4v) is 3.69. The smallest absolute Gasteiger partial charge is 0.274 e. The number of carbonyl (C=O) groups excluding carboxylic acids is 1. The molecule has 0 radical (unpaired) electrons. The van der Waals surface area contributed by atoms with Crippen molar-refractivity contribution in [2.24, 2.45) is 0 Å². The topological polar surface area (TPSA) is 102 Å². The molecule has 0 aliphatic carbocycles. The Kier molecular flexibility index (Phi) is 3.93. The zero-order valence-electron chi connectivity index (χ0n) is 14.7. The fraction of sp³-hybridized carbons (Fsp3) is 0.389. The van der Waals surface area contributed by atoms with Crippen LogP contribution in [0, 0.1) is 0 Å². The first kappa shape index (κ1) is 16.1. The average Bonchev–Trinajstić information content (AvgIpc) is 3.46. The predicted octanol–water partition coefficient (Wildman–Crippen LogP) is 1.41. The standard InChI is InChI=1S/C18H19N7O2/c26-18(13-11-24-8-6-20-10-15(24)21-13)25-7-2-4-14(25)17-22-16(23-27-17)12-3-1-5-19-9-12/h1,3,5,9,11,14,20H,2,4,6-8,10H2/t14-/m0/s1. The molecule has 9 nitrogen and oxygen atoms in total. The first-order valence-corrected chi connectivity index (χ1v) is 9.11. The van der Waals surface area contributed by atoms with E-state index in [4.69, 9.17) is 4.52 Å². The molecule has 1 atom stereocenters. The summed E-state index contributed by atoms with van der Waals surface area (Å²) in [6.07, 6.45) is 6.94. The number of aromatic nitrogens is 5. The Morgan fingerprint density at radius 2 is 2.26 bits per heavy atom. The van der Waals surface area contributed by atoms with Crippen molar-refractivity contribution in [3.05, 3.63) is 48.1 Å². The quantitative estimate of drug-likeness (QED) is 0.748. The Hall–Kier alpha value is -3.07. The molecule has 138 valence electrons. The van der Waals surface area contributed by atoms with Crippen LogP contribution in [0.25, 0.3) is 11.4 Å². The zero-order valence-corrected chi connectivity index (χ0v) is 14.7. The van der Waals surface area contributed by atoms with E-state index in [1.54, 1.807) is 17.3 Å². The maximum absolute atomic E-state index is 13.1. The molecule has 9 heteroatoms. The molecule has 1 fully saturated rings. The van der Waals surface area contributed by atoms with E-state index in [0.29, 0.717) is 30.5 Å². The van der Waals surface area contributed by atoms with Crippen molar-refractivity contribution in [1.29, 1.82) is 0 Å². The van der Waals surface area contributed by atoms with Crippen LogP contribution in [0.15, 0.2) is 35.2 Å². The number of nitrogens with zero attached hydrogens (tertiary/aromatic N) is 6. The number of likely N-dealkylation sites (tertiary alicyclic amines) is 1. The Balaban J connectivity index is 1.40. The van der Waals surface area contributed by atoms with Crippen molar-refractivity contribution in [2.75, 3.05) is 13.1 Å². The number of nitrogens with one attached hydrogen (secondary N) is 1. The number of hydrogen-bond donors (Lipinski definition) is 1. The lowest BCUT2D eigenvalue weighted by Gasteiger charge is -2.20. The van der Waals surface area contributed by atoms with Crippen molar-refractivity contribution < 1.29 is 9.32 Å². The Morgan fingerprint density at radius 3 is 3.11 bits per heavy atom. The predicted molar refractivity (Wildman–Crippen MR) is 94.5 cm³/mol. The lowest BCUT2D eigenvalue weighted by atomic mass is 10.2. The molecule has 0 saturated carbocycles. The van der Waals surface area contributed by atoms with Crippen LogP contribution >= 0.6 is 0 Å². The van der Waals surface area contributed by atoms with E-state index in [0.717, 1.165) is 37.3 Å². The SMILES string of the molecule is O=C(c1cn2c(n1)CNCC2)N1CCC[C@H]1c1nc(-c2cccnc2)no1. The van der Waals surface area contributed by atoms with Gasteiger partial charge in [-0.3, -0.25) is 9.78 Å². The highest BCUT2D eigenvalue weighted by Gasteiger charge is 2.36. The number of rotatable bonds is 3. The molecule has 0 spiro atoms. The van der Waals surface area contributed by atoms with Gasteiger partial charge >= 0.3 is 0 Å². The summed E-state index contributed by atoms with van der Waals surface area (Å²) in [7, 11) is 0. The van der Waals surface area contributed by atoms with Crippen LogP contribution in [0.3, 0.4) is 0 Å². The number of amides is 1. The third-order valence-corrected chi connectivity index (χ3v) is 5.05. The van der Waals surface area contributed by atoms with Gasteiger partial charge in [0, 0.05) is 43.8 Å². The van der Waals surface area contributed by atoms with Gasteiger partial charge in [-0.1, -0.05) is 5.16 Å². The molecule has 1 amide bonds. The first-order chi connectivity index (χ1) is 13.3.